The fourth-order valence-corrected chi connectivity index (χ4v) is 6.52. The van der Waals surface area contributed by atoms with Gasteiger partial charge in [0.25, 0.3) is 0 Å². The lowest BCUT2D eigenvalue weighted by Crippen LogP contribution is -2.61. The van der Waals surface area contributed by atoms with E-state index in [0.29, 0.717) is 12.8 Å². The summed E-state index contributed by atoms with van der Waals surface area (Å²) in [6, 6.07) is 0. The molecule has 0 aliphatic carbocycles. The number of aliphatic hydroxyl groups is 7. The number of carbonyl (C=O) groups excluding carboxylic acids is 2. The standard InChI is InChI=1S/C43H74O15/c1-3-5-7-9-11-12-13-14-15-16-17-18-20-22-24-26-35(46)56-31(28-53-34(45)25-23-21-19-10-8-6-4-2)29-54-42-41(52)39(50)37(48)33(58-42)30-55-43-40(51)38(49)36(47)32(27-44)57-43/h5,7,11-12,14-15,31-33,36-44,47-52H,3-4,6,8-10,13,16-30H2,1-2H3/b7-5+,12-11+,15-14+/t31-,32-,33-,36+,37+,38?,39?,40?,41?,42-,43-/m1/s1. The van der Waals surface area contributed by atoms with Crippen molar-refractivity contribution in [3.05, 3.63) is 36.5 Å². The normalized spacial score (nSPS) is 28.4. The number of esters is 2. The molecular weight excluding hydrogens is 756 g/mol. The van der Waals surface area contributed by atoms with E-state index in [1.165, 1.54) is 12.8 Å². The molecule has 2 fully saturated rings. The van der Waals surface area contributed by atoms with Gasteiger partial charge < -0.3 is 64.2 Å². The van der Waals surface area contributed by atoms with Gasteiger partial charge in [0.2, 0.25) is 0 Å². The Kier molecular flexibility index (Phi) is 28.2. The molecule has 2 heterocycles. The summed E-state index contributed by atoms with van der Waals surface area (Å²) in [7, 11) is 0. The maximum absolute atomic E-state index is 12.9. The number of ether oxygens (including phenoxy) is 6. The summed E-state index contributed by atoms with van der Waals surface area (Å²) < 4.78 is 33.3. The SMILES string of the molecule is CC/C=C/C/C=C/C/C=C/CCCCCCCC(=O)O[C@H](COC(=O)CCCCCCCCC)CO[C@@H]1O[C@H](CO[C@@H]2O[C@H](CO)[C@H](O)C(O)C2O)[C@H](O)C(O)C1O. The minimum absolute atomic E-state index is 0.146. The summed E-state index contributed by atoms with van der Waals surface area (Å²) in [5.41, 5.74) is 0. The largest absolute Gasteiger partial charge is 0.462 e. The second-order valence-corrected chi connectivity index (χ2v) is 15.1. The second-order valence-electron chi connectivity index (χ2n) is 15.1. The molecule has 7 N–H and O–H groups in total. The van der Waals surface area contributed by atoms with Crippen molar-refractivity contribution in [3.63, 3.8) is 0 Å². The number of unbranched alkanes of at least 4 members (excludes halogenated alkanes) is 11. The molecule has 15 nitrogen and oxygen atoms in total. The third kappa shape index (κ3) is 20.8. The van der Waals surface area contributed by atoms with E-state index in [1.807, 2.05) is 0 Å². The molecule has 2 rings (SSSR count). The lowest BCUT2D eigenvalue weighted by molar-refractivity contribution is -0.332. The van der Waals surface area contributed by atoms with Gasteiger partial charge in [0, 0.05) is 12.8 Å². The zero-order chi connectivity index (χ0) is 42.5. The van der Waals surface area contributed by atoms with Crippen LogP contribution >= 0.6 is 0 Å². The fraction of sp³-hybridized carbons (Fsp3) is 0.814. The van der Waals surface area contributed by atoms with E-state index in [0.717, 1.165) is 77.0 Å². The van der Waals surface area contributed by atoms with Crippen molar-refractivity contribution in [2.75, 3.05) is 26.4 Å². The molecule has 2 saturated heterocycles. The van der Waals surface area contributed by atoms with Gasteiger partial charge in [0.15, 0.2) is 18.7 Å². The van der Waals surface area contributed by atoms with Crippen LogP contribution in [-0.4, -0.2) is 142 Å². The average molecular weight is 831 g/mol. The van der Waals surface area contributed by atoms with E-state index >= 15 is 0 Å². The predicted octanol–water partition coefficient (Wildman–Crippen LogP) is 3.81. The van der Waals surface area contributed by atoms with Crippen molar-refractivity contribution < 1.29 is 73.8 Å². The van der Waals surface area contributed by atoms with Crippen molar-refractivity contribution in [3.8, 4) is 0 Å². The Bertz CT molecular complexity index is 1160. The van der Waals surface area contributed by atoms with Crippen molar-refractivity contribution in [1.82, 2.24) is 0 Å². The highest BCUT2D eigenvalue weighted by atomic mass is 16.7. The molecule has 0 amide bonds. The van der Waals surface area contributed by atoms with Crippen molar-refractivity contribution in [1.29, 1.82) is 0 Å². The van der Waals surface area contributed by atoms with Crippen LogP contribution in [-0.2, 0) is 38.0 Å². The number of rotatable bonds is 31. The maximum Gasteiger partial charge on any atom is 0.306 e. The molecule has 15 heteroatoms. The Labute approximate surface area is 345 Å². The van der Waals surface area contributed by atoms with Crippen LogP contribution in [0.4, 0.5) is 0 Å². The van der Waals surface area contributed by atoms with Gasteiger partial charge in [-0.3, -0.25) is 9.59 Å². The molecule has 0 bridgehead atoms. The van der Waals surface area contributed by atoms with Crippen LogP contribution < -0.4 is 0 Å². The summed E-state index contributed by atoms with van der Waals surface area (Å²) in [5, 5.41) is 71.7. The molecule has 0 spiro atoms. The van der Waals surface area contributed by atoms with Crippen LogP contribution in [0.3, 0.4) is 0 Å². The first-order chi connectivity index (χ1) is 28.0. The minimum atomic E-state index is -1.76. The van der Waals surface area contributed by atoms with E-state index < -0.39 is 92.7 Å². The van der Waals surface area contributed by atoms with Crippen molar-refractivity contribution in [2.45, 2.75) is 197 Å². The molecule has 2 aliphatic rings. The third-order valence-corrected chi connectivity index (χ3v) is 10.1. The Hall–Kier alpha value is -2.28. The van der Waals surface area contributed by atoms with Crippen LogP contribution in [0, 0.1) is 0 Å². The van der Waals surface area contributed by atoms with Gasteiger partial charge in [-0.15, -0.1) is 0 Å². The first-order valence-electron chi connectivity index (χ1n) is 21.6. The van der Waals surface area contributed by atoms with Gasteiger partial charge in [-0.05, 0) is 44.9 Å². The first-order valence-corrected chi connectivity index (χ1v) is 21.6. The molecule has 0 aromatic rings. The van der Waals surface area contributed by atoms with Crippen LogP contribution in [0.1, 0.15) is 129 Å². The quantitative estimate of drug-likeness (QED) is 0.0299. The molecule has 0 radical (unpaired) electrons. The van der Waals surface area contributed by atoms with Crippen molar-refractivity contribution in [2.24, 2.45) is 0 Å². The molecule has 0 aromatic carbocycles. The number of carbonyl (C=O) groups is 2. The Morgan fingerprint density at radius 3 is 1.71 bits per heavy atom. The van der Waals surface area contributed by atoms with Gasteiger partial charge in [0.05, 0.1) is 19.8 Å². The van der Waals surface area contributed by atoms with E-state index in [2.05, 4.69) is 50.3 Å². The maximum atomic E-state index is 12.9. The van der Waals surface area contributed by atoms with E-state index in [4.69, 9.17) is 28.4 Å². The molecule has 0 saturated carbocycles. The Balaban J connectivity index is 1.87. The number of aliphatic hydroxyl groups excluding tert-OH is 7. The van der Waals surface area contributed by atoms with Crippen LogP contribution in [0.25, 0.3) is 0 Å². The average Bonchev–Trinajstić information content (AvgIpc) is 3.21. The molecule has 11 atom stereocenters. The monoisotopic (exact) mass is 831 g/mol. The van der Waals surface area contributed by atoms with E-state index in [1.54, 1.807) is 0 Å². The highest BCUT2D eigenvalue weighted by molar-refractivity contribution is 5.70. The predicted molar refractivity (Wildman–Crippen MR) is 215 cm³/mol. The molecule has 0 aromatic heterocycles. The van der Waals surface area contributed by atoms with E-state index in [-0.39, 0.29) is 26.1 Å². The van der Waals surface area contributed by atoms with Gasteiger partial charge >= 0.3 is 11.9 Å². The summed E-state index contributed by atoms with van der Waals surface area (Å²) >= 11 is 0. The number of allylic oxidation sites excluding steroid dienone is 6. The van der Waals surface area contributed by atoms with Crippen molar-refractivity contribution >= 4 is 11.9 Å². The first kappa shape index (κ1) is 51.9. The molecular formula is C43H74O15. The smallest absolute Gasteiger partial charge is 0.306 e. The van der Waals surface area contributed by atoms with Gasteiger partial charge in [-0.1, -0.05) is 108 Å². The third-order valence-electron chi connectivity index (χ3n) is 10.1. The summed E-state index contributed by atoms with van der Waals surface area (Å²) in [4.78, 5) is 25.4. The number of hydrogen-bond acceptors (Lipinski definition) is 15. The fourth-order valence-electron chi connectivity index (χ4n) is 6.52. The zero-order valence-corrected chi connectivity index (χ0v) is 34.8. The van der Waals surface area contributed by atoms with E-state index in [9.17, 15) is 45.3 Å². The number of hydrogen-bond donors (Lipinski definition) is 7. The van der Waals surface area contributed by atoms with Gasteiger partial charge in [0.1, 0.15) is 55.4 Å². The highest BCUT2D eigenvalue weighted by Crippen LogP contribution is 2.26. The van der Waals surface area contributed by atoms with Crippen LogP contribution in [0.2, 0.25) is 0 Å². The second kappa shape index (κ2) is 31.6. The van der Waals surface area contributed by atoms with Gasteiger partial charge in [-0.2, -0.15) is 0 Å². The zero-order valence-electron chi connectivity index (χ0n) is 34.8. The van der Waals surface area contributed by atoms with Crippen LogP contribution in [0.15, 0.2) is 36.5 Å². The summed E-state index contributed by atoms with van der Waals surface area (Å²) in [6.45, 7) is 2.37. The Morgan fingerprint density at radius 1 is 0.569 bits per heavy atom. The minimum Gasteiger partial charge on any atom is -0.462 e. The van der Waals surface area contributed by atoms with Crippen LogP contribution in [0.5, 0.6) is 0 Å². The molecule has 2 aliphatic heterocycles. The lowest BCUT2D eigenvalue weighted by Gasteiger charge is -2.42. The molecule has 4 unspecified atom stereocenters. The summed E-state index contributed by atoms with van der Waals surface area (Å²) in [5.74, 6) is -0.956. The highest BCUT2D eigenvalue weighted by Gasteiger charge is 2.47. The summed E-state index contributed by atoms with van der Waals surface area (Å²) in [6.07, 6.45) is 12.2. The van der Waals surface area contributed by atoms with Gasteiger partial charge in [-0.25, -0.2) is 0 Å². The molecule has 336 valence electrons. The Morgan fingerprint density at radius 2 is 1.09 bits per heavy atom. The topological polar surface area (TPSA) is 231 Å². The molecule has 58 heavy (non-hydrogen) atoms. The lowest BCUT2D eigenvalue weighted by atomic mass is 9.98.